The van der Waals surface area contributed by atoms with Gasteiger partial charge in [0, 0.05) is 41.7 Å². The lowest BCUT2D eigenvalue weighted by Crippen LogP contribution is -2.44. The number of nitrogens with one attached hydrogen (secondary N) is 1. The Morgan fingerprint density at radius 2 is 2.00 bits per heavy atom. The van der Waals surface area contributed by atoms with Gasteiger partial charge < -0.3 is 21.5 Å². The average Bonchev–Trinajstić information content (AvgIpc) is 3.49. The molecule has 9 nitrogen and oxygen atoms in total. The molecule has 0 spiro atoms. The number of hydrogen-bond donors (Lipinski definition) is 3. The summed E-state index contributed by atoms with van der Waals surface area (Å²) in [6.45, 7) is 4.59. The van der Waals surface area contributed by atoms with Crippen LogP contribution in [0.5, 0.6) is 5.75 Å². The Bertz CT molecular complexity index is 1440. The van der Waals surface area contributed by atoms with Crippen LogP contribution < -0.4 is 21.5 Å². The van der Waals surface area contributed by atoms with Gasteiger partial charge in [-0.25, -0.2) is 24.0 Å². The monoisotopic (exact) mass is 536 g/mol. The molecule has 1 aliphatic rings. The molecule has 0 fully saturated rings. The van der Waals surface area contributed by atoms with Gasteiger partial charge in [-0.3, -0.25) is 0 Å². The Kier molecular flexibility index (Phi) is 7.18. The van der Waals surface area contributed by atoms with Crippen molar-refractivity contribution in [1.82, 2.24) is 24.7 Å². The van der Waals surface area contributed by atoms with Crippen molar-refractivity contribution >= 4 is 23.1 Å². The van der Waals surface area contributed by atoms with Crippen LogP contribution in [0.25, 0.3) is 5.69 Å². The lowest BCUT2D eigenvalue weighted by Gasteiger charge is -2.26. The molecule has 5 N–H and O–H groups in total. The van der Waals surface area contributed by atoms with Gasteiger partial charge in [-0.05, 0) is 68.1 Å². The summed E-state index contributed by atoms with van der Waals surface area (Å²) < 4.78 is 21.2. The highest BCUT2D eigenvalue weighted by Gasteiger charge is 2.30. The Morgan fingerprint density at radius 3 is 2.74 bits per heavy atom. The first-order valence-electron chi connectivity index (χ1n) is 12.4. The first-order chi connectivity index (χ1) is 18.2. The smallest absolute Gasteiger partial charge is 0.224 e. The molecule has 198 valence electrons. The van der Waals surface area contributed by atoms with Gasteiger partial charge in [0.05, 0.1) is 12.3 Å². The molecule has 0 radical (unpaired) electrons. The number of nitrogens with zero attached hydrogens (tertiary/aromatic N) is 5. The van der Waals surface area contributed by atoms with Crippen LogP contribution in [-0.4, -0.2) is 43.4 Å². The molecular weight excluding hydrogens is 507 g/mol. The van der Waals surface area contributed by atoms with Crippen LogP contribution in [-0.2, 0) is 6.42 Å². The largest absolute Gasteiger partial charge is 0.491 e. The summed E-state index contributed by atoms with van der Waals surface area (Å²) in [5.41, 5.74) is 16.2. The molecule has 5 rings (SSSR count). The average molecular weight is 537 g/mol. The van der Waals surface area contributed by atoms with Crippen LogP contribution in [0.3, 0.4) is 0 Å². The second-order valence-electron chi connectivity index (χ2n) is 9.92. The van der Waals surface area contributed by atoms with Gasteiger partial charge in [-0.2, -0.15) is 5.10 Å². The number of nitrogens with two attached hydrogens (primary N) is 2. The third-order valence-electron chi connectivity index (χ3n) is 6.72. The van der Waals surface area contributed by atoms with Crippen LogP contribution >= 0.6 is 11.6 Å². The Morgan fingerprint density at radius 1 is 1.21 bits per heavy atom. The number of benzene rings is 2. The maximum Gasteiger partial charge on any atom is 0.224 e. The van der Waals surface area contributed by atoms with Crippen molar-refractivity contribution in [3.8, 4) is 11.4 Å². The van der Waals surface area contributed by atoms with Gasteiger partial charge in [0.1, 0.15) is 35.2 Å². The Hall–Kier alpha value is -3.76. The van der Waals surface area contributed by atoms with Gasteiger partial charge in [0.25, 0.3) is 0 Å². The van der Waals surface area contributed by atoms with E-state index in [0.29, 0.717) is 42.7 Å². The summed E-state index contributed by atoms with van der Waals surface area (Å²) in [4.78, 5) is 13.1. The lowest BCUT2D eigenvalue weighted by molar-refractivity contribution is 0.270. The number of aromatic nitrogens is 5. The number of halogens is 2. The molecule has 2 atom stereocenters. The summed E-state index contributed by atoms with van der Waals surface area (Å²) >= 11 is 6.29. The molecule has 2 aromatic carbocycles. The van der Waals surface area contributed by atoms with Gasteiger partial charge in [-0.1, -0.05) is 12.1 Å². The summed E-state index contributed by atoms with van der Waals surface area (Å²) in [7, 11) is 0. The van der Waals surface area contributed by atoms with Crippen LogP contribution in [0.1, 0.15) is 48.3 Å². The number of aryl methyl sites for hydroxylation is 1. The van der Waals surface area contributed by atoms with E-state index >= 15 is 0 Å². The standard InChI is InChI=1S/C27H30ClFN8O/c1-16-33-15-37(36-16)22-10-7-19(30)13-23(22)38-12-11-27(2,31)14-32-25-21-9-8-20(24(21)34-26(28)35-25)17-3-5-18(29)6-4-17/h3-7,10,13,15,20H,8-9,11-12,14,30-31H2,1-2H3,(H,32,34,35). The summed E-state index contributed by atoms with van der Waals surface area (Å²) in [6, 6.07) is 11.9. The number of hydrogen-bond acceptors (Lipinski definition) is 8. The van der Waals surface area contributed by atoms with Gasteiger partial charge in [-0.15, -0.1) is 0 Å². The van der Waals surface area contributed by atoms with Gasteiger partial charge in [0.2, 0.25) is 5.28 Å². The maximum absolute atomic E-state index is 13.4. The minimum Gasteiger partial charge on any atom is -0.491 e. The highest BCUT2D eigenvalue weighted by molar-refractivity contribution is 6.28. The van der Waals surface area contributed by atoms with Gasteiger partial charge >= 0.3 is 0 Å². The number of nitrogen functional groups attached to an aromatic ring is 1. The minimum atomic E-state index is -0.608. The summed E-state index contributed by atoms with van der Waals surface area (Å²) in [5.74, 6) is 1.73. The SMILES string of the molecule is Cc1ncn(-c2ccc(N)cc2OCCC(C)(N)CNc2nc(Cl)nc3c2CCC3c2ccc(F)cc2)n1. The molecule has 4 aromatic rings. The fourth-order valence-corrected chi connectivity index (χ4v) is 4.84. The predicted octanol–water partition coefficient (Wildman–Crippen LogP) is 4.42. The van der Waals surface area contributed by atoms with Crippen molar-refractivity contribution in [2.45, 2.75) is 44.6 Å². The molecule has 0 saturated carbocycles. The fourth-order valence-electron chi connectivity index (χ4n) is 4.66. The minimum absolute atomic E-state index is 0.0468. The topological polar surface area (TPSA) is 130 Å². The van der Waals surface area contributed by atoms with E-state index in [1.807, 2.05) is 19.9 Å². The van der Waals surface area contributed by atoms with Crippen LogP contribution in [0.15, 0.2) is 48.8 Å². The van der Waals surface area contributed by atoms with E-state index in [-0.39, 0.29) is 17.0 Å². The van der Waals surface area contributed by atoms with Crippen LogP contribution in [0.2, 0.25) is 5.28 Å². The summed E-state index contributed by atoms with van der Waals surface area (Å²) in [6.07, 6.45) is 3.84. The van der Waals surface area contributed by atoms with Crippen molar-refractivity contribution in [2.75, 3.05) is 24.2 Å². The van der Waals surface area contributed by atoms with Gasteiger partial charge in [0.15, 0.2) is 0 Å². The second-order valence-corrected chi connectivity index (χ2v) is 10.3. The van der Waals surface area contributed by atoms with E-state index in [9.17, 15) is 4.39 Å². The highest BCUT2D eigenvalue weighted by atomic mass is 35.5. The van der Waals surface area contributed by atoms with Crippen molar-refractivity contribution < 1.29 is 9.13 Å². The fraction of sp³-hybridized carbons (Fsp3) is 0.333. The molecule has 2 heterocycles. The first-order valence-corrected chi connectivity index (χ1v) is 12.8. The maximum atomic E-state index is 13.4. The second kappa shape index (κ2) is 10.5. The third kappa shape index (κ3) is 5.71. The van der Waals surface area contributed by atoms with Crippen LogP contribution in [0, 0.1) is 12.7 Å². The molecule has 0 amide bonds. The first kappa shape index (κ1) is 25.9. The molecule has 2 unspecified atom stereocenters. The zero-order valence-electron chi connectivity index (χ0n) is 21.3. The molecule has 11 heteroatoms. The van der Waals surface area contributed by atoms with E-state index in [1.54, 1.807) is 35.3 Å². The zero-order chi connectivity index (χ0) is 26.9. The normalized spacial score (nSPS) is 16.2. The quantitative estimate of drug-likeness (QED) is 0.212. The highest BCUT2D eigenvalue weighted by Crippen LogP contribution is 2.40. The molecule has 0 bridgehead atoms. The summed E-state index contributed by atoms with van der Waals surface area (Å²) in [5, 5.41) is 7.92. The lowest BCUT2D eigenvalue weighted by atomic mass is 9.96. The Balaban J connectivity index is 1.24. The predicted molar refractivity (Wildman–Crippen MR) is 145 cm³/mol. The molecule has 0 saturated heterocycles. The Labute approximate surface area is 225 Å². The molecule has 2 aromatic heterocycles. The van der Waals surface area contributed by atoms with Crippen molar-refractivity contribution in [3.63, 3.8) is 0 Å². The van der Waals surface area contributed by atoms with E-state index in [2.05, 4.69) is 25.4 Å². The van der Waals surface area contributed by atoms with E-state index < -0.39 is 5.54 Å². The number of ether oxygens (including phenoxy) is 1. The van der Waals surface area contributed by atoms with Crippen LogP contribution in [0.4, 0.5) is 15.9 Å². The van der Waals surface area contributed by atoms with Crippen molar-refractivity contribution in [1.29, 1.82) is 0 Å². The number of anilines is 2. The van der Waals surface area contributed by atoms with E-state index in [4.69, 9.17) is 27.8 Å². The van der Waals surface area contributed by atoms with E-state index in [0.717, 1.165) is 35.3 Å². The zero-order valence-corrected chi connectivity index (χ0v) is 22.0. The molecule has 0 aliphatic heterocycles. The third-order valence-corrected chi connectivity index (χ3v) is 6.89. The number of rotatable bonds is 9. The van der Waals surface area contributed by atoms with Crippen molar-refractivity contribution in [3.05, 3.63) is 82.5 Å². The molecule has 1 aliphatic carbocycles. The van der Waals surface area contributed by atoms with Crippen molar-refractivity contribution in [2.24, 2.45) is 5.73 Å². The molecule has 38 heavy (non-hydrogen) atoms. The molecular formula is C27H30ClFN8O. The number of fused-ring (bicyclic) bond motifs is 1. The van der Waals surface area contributed by atoms with E-state index in [1.165, 1.54) is 12.1 Å².